The molecule has 2 N–H and O–H groups in total. The number of benzene rings is 3. The lowest BCUT2D eigenvalue weighted by Gasteiger charge is -2.30. The van der Waals surface area contributed by atoms with Crippen LogP contribution in [0.15, 0.2) is 78.0 Å². The monoisotopic (exact) mass is 498 g/mol. The van der Waals surface area contributed by atoms with E-state index in [2.05, 4.69) is 36.6 Å². The van der Waals surface area contributed by atoms with Crippen molar-refractivity contribution in [3.05, 3.63) is 89.1 Å². The van der Waals surface area contributed by atoms with Crippen LogP contribution in [0.2, 0.25) is 0 Å². The first-order chi connectivity index (χ1) is 18.0. The smallest absolute Gasteiger partial charge is 0.163 e. The molecule has 0 fully saturated rings. The minimum Gasteiger partial charge on any atom is -0.497 e. The zero-order valence-electron chi connectivity index (χ0n) is 21.8. The Balaban J connectivity index is 1.53. The lowest BCUT2D eigenvalue weighted by atomic mass is 9.78. The van der Waals surface area contributed by atoms with Gasteiger partial charge >= 0.3 is 0 Å². The molecule has 0 saturated carbocycles. The summed E-state index contributed by atoms with van der Waals surface area (Å²) in [5.74, 6) is 2.90. The van der Waals surface area contributed by atoms with Crippen LogP contribution in [0.1, 0.15) is 49.8 Å². The van der Waals surface area contributed by atoms with Crippen molar-refractivity contribution in [1.29, 1.82) is 0 Å². The van der Waals surface area contributed by atoms with E-state index in [4.69, 9.17) is 14.2 Å². The second-order valence-electron chi connectivity index (χ2n) is 10.1. The summed E-state index contributed by atoms with van der Waals surface area (Å²) >= 11 is 0. The van der Waals surface area contributed by atoms with Gasteiger partial charge in [-0.25, -0.2) is 0 Å². The largest absolute Gasteiger partial charge is 0.497 e. The highest BCUT2D eigenvalue weighted by atomic mass is 16.5. The van der Waals surface area contributed by atoms with Crippen LogP contribution in [0.4, 0.5) is 11.4 Å². The van der Waals surface area contributed by atoms with Crippen LogP contribution in [-0.4, -0.2) is 26.6 Å². The Bertz CT molecular complexity index is 1310. The molecule has 3 aromatic carbocycles. The number of rotatable bonds is 7. The Morgan fingerprint density at radius 1 is 0.892 bits per heavy atom. The molecule has 1 aliphatic heterocycles. The molecule has 37 heavy (non-hydrogen) atoms. The van der Waals surface area contributed by atoms with Gasteiger partial charge in [0.2, 0.25) is 0 Å². The number of fused-ring (bicyclic) bond motifs is 1. The third-order valence-electron chi connectivity index (χ3n) is 6.98. The molecule has 6 nitrogen and oxygen atoms in total. The van der Waals surface area contributed by atoms with E-state index in [0.29, 0.717) is 25.4 Å². The fourth-order valence-electron chi connectivity index (χ4n) is 5.14. The van der Waals surface area contributed by atoms with Crippen LogP contribution in [0.5, 0.6) is 17.2 Å². The van der Waals surface area contributed by atoms with Crippen LogP contribution in [0.3, 0.4) is 0 Å². The van der Waals surface area contributed by atoms with Crippen LogP contribution < -0.4 is 24.8 Å². The van der Waals surface area contributed by atoms with Gasteiger partial charge in [-0.1, -0.05) is 38.1 Å². The van der Waals surface area contributed by atoms with E-state index in [9.17, 15) is 4.79 Å². The van der Waals surface area contributed by atoms with Gasteiger partial charge < -0.3 is 24.8 Å². The minimum absolute atomic E-state index is 0.0264. The summed E-state index contributed by atoms with van der Waals surface area (Å²) in [5.41, 5.74) is 5.65. The lowest BCUT2D eigenvalue weighted by Crippen LogP contribution is -2.27. The highest BCUT2D eigenvalue weighted by molar-refractivity contribution is 6.01. The average molecular weight is 499 g/mol. The summed E-state index contributed by atoms with van der Waals surface area (Å²) in [7, 11) is 3.31. The highest BCUT2D eigenvalue weighted by Gasteiger charge is 2.37. The first kappa shape index (κ1) is 24.8. The number of hydrogen-bond donors (Lipinski definition) is 2. The number of ether oxygens (including phenoxy) is 3. The lowest BCUT2D eigenvalue weighted by molar-refractivity contribution is -0.116. The number of allylic oxidation sites excluding steroid dienone is 1. The fraction of sp³-hybridized carbons (Fsp3) is 0.323. The number of nitrogens with one attached hydrogen (secondary N) is 2. The standard InChI is InChI=1S/C31H34N2O4/c1-19(2)18-37-22-11-9-20(10-12-22)31-30-27(32-25-7-5-6-8-26(25)33-31)15-21(16-28(30)34)24-17-23(35-3)13-14-29(24)36-4/h5-14,17,19,21,31-33H,15-16,18H2,1-4H3. The molecule has 2 aliphatic rings. The molecule has 6 heteroatoms. The minimum atomic E-state index is -0.272. The highest BCUT2D eigenvalue weighted by Crippen LogP contribution is 2.46. The van der Waals surface area contributed by atoms with Gasteiger partial charge in [0.25, 0.3) is 0 Å². The summed E-state index contributed by atoms with van der Waals surface area (Å²) in [6.07, 6.45) is 1.08. The van der Waals surface area contributed by atoms with Crippen LogP contribution in [0, 0.1) is 5.92 Å². The first-order valence-electron chi connectivity index (χ1n) is 12.8. The maximum Gasteiger partial charge on any atom is 0.163 e. The summed E-state index contributed by atoms with van der Waals surface area (Å²) in [6, 6.07) is 21.7. The predicted molar refractivity (Wildman–Crippen MR) is 147 cm³/mol. The summed E-state index contributed by atoms with van der Waals surface area (Å²) in [4.78, 5) is 13.9. The Morgan fingerprint density at radius 2 is 1.62 bits per heavy atom. The van der Waals surface area contributed by atoms with Crippen molar-refractivity contribution in [2.24, 2.45) is 5.92 Å². The first-order valence-corrected chi connectivity index (χ1v) is 12.8. The number of carbonyl (C=O) groups excluding carboxylic acids is 1. The van der Waals surface area contributed by atoms with Gasteiger partial charge in [0, 0.05) is 29.2 Å². The van der Waals surface area contributed by atoms with E-state index < -0.39 is 0 Å². The topological polar surface area (TPSA) is 68.8 Å². The quantitative estimate of drug-likeness (QED) is 0.377. The molecule has 1 heterocycles. The summed E-state index contributed by atoms with van der Waals surface area (Å²) < 4.78 is 17.0. The Kier molecular flexibility index (Phi) is 7.08. The van der Waals surface area contributed by atoms with Crippen molar-refractivity contribution in [3.8, 4) is 17.2 Å². The van der Waals surface area contributed by atoms with Gasteiger partial charge in [0.15, 0.2) is 5.78 Å². The molecular weight excluding hydrogens is 464 g/mol. The molecule has 0 saturated heterocycles. The number of para-hydroxylation sites is 2. The van der Waals surface area contributed by atoms with Crippen molar-refractivity contribution in [1.82, 2.24) is 0 Å². The van der Waals surface area contributed by atoms with E-state index in [1.165, 1.54) is 0 Å². The molecule has 2 atom stereocenters. The number of hydrogen-bond acceptors (Lipinski definition) is 6. The molecule has 5 rings (SSSR count). The molecule has 0 spiro atoms. The molecule has 0 aromatic heterocycles. The van der Waals surface area contributed by atoms with Gasteiger partial charge in [0.1, 0.15) is 17.2 Å². The molecule has 0 amide bonds. The molecule has 2 unspecified atom stereocenters. The van der Waals surface area contributed by atoms with Gasteiger partial charge in [-0.15, -0.1) is 0 Å². The van der Waals surface area contributed by atoms with Crippen molar-refractivity contribution in [3.63, 3.8) is 0 Å². The molecule has 0 radical (unpaired) electrons. The number of carbonyl (C=O) groups is 1. The van der Waals surface area contributed by atoms with E-state index in [1.54, 1.807) is 14.2 Å². The maximum absolute atomic E-state index is 13.9. The molecular formula is C31H34N2O4. The maximum atomic E-state index is 13.9. The number of methoxy groups -OCH3 is 2. The van der Waals surface area contributed by atoms with Crippen LogP contribution in [0.25, 0.3) is 0 Å². The molecule has 3 aromatic rings. The van der Waals surface area contributed by atoms with E-state index in [0.717, 1.165) is 51.0 Å². The third-order valence-corrected chi connectivity index (χ3v) is 6.98. The molecule has 0 bridgehead atoms. The van der Waals surface area contributed by atoms with Crippen LogP contribution >= 0.6 is 0 Å². The number of anilines is 2. The van der Waals surface area contributed by atoms with Crippen molar-refractivity contribution < 1.29 is 19.0 Å². The van der Waals surface area contributed by atoms with Gasteiger partial charge in [-0.3, -0.25) is 4.79 Å². The normalized spacial score (nSPS) is 18.8. The van der Waals surface area contributed by atoms with Gasteiger partial charge in [-0.05, 0) is 60.4 Å². The van der Waals surface area contributed by atoms with E-state index in [-0.39, 0.29) is 17.7 Å². The van der Waals surface area contributed by atoms with E-state index in [1.807, 2.05) is 54.6 Å². The average Bonchev–Trinajstić information content (AvgIpc) is 3.08. The number of ketones is 1. The van der Waals surface area contributed by atoms with Crippen molar-refractivity contribution in [2.75, 3.05) is 31.5 Å². The predicted octanol–water partition coefficient (Wildman–Crippen LogP) is 6.72. The van der Waals surface area contributed by atoms with Crippen LogP contribution in [-0.2, 0) is 4.79 Å². The zero-order chi connectivity index (χ0) is 25.9. The summed E-state index contributed by atoms with van der Waals surface area (Å²) in [5, 5.41) is 7.24. The molecule has 1 aliphatic carbocycles. The zero-order valence-corrected chi connectivity index (χ0v) is 21.8. The fourth-order valence-corrected chi connectivity index (χ4v) is 5.14. The summed E-state index contributed by atoms with van der Waals surface area (Å²) in [6.45, 7) is 4.93. The van der Waals surface area contributed by atoms with Gasteiger partial charge in [0.05, 0.1) is 38.2 Å². The molecule has 192 valence electrons. The van der Waals surface area contributed by atoms with Gasteiger partial charge in [-0.2, -0.15) is 0 Å². The SMILES string of the molecule is COc1ccc(OC)c(C2CC(=O)C3=C(C2)Nc2ccccc2NC3c2ccc(OCC(C)C)cc2)c1. The Hall–Kier alpha value is -3.93. The van der Waals surface area contributed by atoms with E-state index >= 15 is 0 Å². The Labute approximate surface area is 218 Å². The Morgan fingerprint density at radius 3 is 2.32 bits per heavy atom. The third kappa shape index (κ3) is 5.15. The second-order valence-corrected chi connectivity index (χ2v) is 10.1. The van der Waals surface area contributed by atoms with Crippen molar-refractivity contribution >= 4 is 17.2 Å². The second kappa shape index (κ2) is 10.6. The van der Waals surface area contributed by atoms with Crippen molar-refractivity contribution in [2.45, 2.75) is 38.6 Å². The number of Topliss-reactive ketones (excluding diaryl/α,β-unsaturated/α-hetero) is 1.